The summed E-state index contributed by atoms with van der Waals surface area (Å²) in [6, 6.07) is 3.95. The number of rotatable bonds is 2. The summed E-state index contributed by atoms with van der Waals surface area (Å²) in [6.45, 7) is 5.86. The molecule has 2 rings (SSSR count). The van der Waals surface area contributed by atoms with Crippen LogP contribution in [0.5, 0.6) is 0 Å². The minimum atomic E-state index is -0.743. The lowest BCUT2D eigenvalue weighted by Gasteiger charge is -2.11. The van der Waals surface area contributed by atoms with Gasteiger partial charge in [0, 0.05) is 15.5 Å². The molecule has 2 N–H and O–H groups in total. The minimum Gasteiger partial charge on any atom is -0.339 e. The van der Waals surface area contributed by atoms with E-state index >= 15 is 0 Å². The number of hydrogen-bond donors (Lipinski definition) is 1. The number of nitrogens with zero attached hydrogens (tertiary/aromatic N) is 2. The quantitative estimate of drug-likeness (QED) is 0.918. The Hall–Kier alpha value is -1.27. The monoisotopic (exact) mass is 327 g/mol. The molecule has 0 aliphatic carbocycles. The van der Waals surface area contributed by atoms with E-state index in [1.54, 1.807) is 12.1 Å². The number of hydrogen-bond acceptors (Lipinski definition) is 4. The first-order chi connectivity index (χ1) is 8.79. The Balaban J connectivity index is 2.34. The highest BCUT2D eigenvalue weighted by Crippen LogP contribution is 2.26. The molecule has 1 aromatic heterocycles. The lowest BCUT2D eigenvalue weighted by atomic mass is 9.97. The van der Waals surface area contributed by atoms with Gasteiger partial charge in [0.15, 0.2) is 5.82 Å². The molecule has 0 bridgehead atoms. The van der Waals surface area contributed by atoms with E-state index in [0.717, 1.165) is 0 Å². The van der Waals surface area contributed by atoms with Crippen LogP contribution < -0.4 is 5.73 Å². The van der Waals surface area contributed by atoms with Crippen molar-refractivity contribution in [2.24, 2.45) is 5.73 Å². The molecule has 1 heterocycles. The summed E-state index contributed by atoms with van der Waals surface area (Å²) >= 11 is 3.20. The van der Waals surface area contributed by atoms with E-state index in [0.29, 0.717) is 15.9 Å². The molecule has 0 radical (unpaired) electrons. The summed E-state index contributed by atoms with van der Waals surface area (Å²) in [5, 5.41) is 3.83. The predicted molar refractivity (Wildman–Crippen MR) is 73.1 cm³/mol. The second-order valence-corrected chi connectivity index (χ2v) is 6.27. The topological polar surface area (TPSA) is 64.9 Å². The first-order valence-electron chi connectivity index (χ1n) is 5.83. The molecule has 0 fully saturated rings. The molecule has 1 aromatic carbocycles. The summed E-state index contributed by atoms with van der Waals surface area (Å²) in [5.41, 5.74) is 6.06. The standard InChI is InChI=1S/C13H15BrFN3O/c1-13(2,3)12-17-11(18-19-12)10(16)8-5-4-7(14)6-9(8)15/h4-6,10H,16H2,1-3H3. The fourth-order valence-electron chi connectivity index (χ4n) is 1.56. The van der Waals surface area contributed by atoms with Crippen molar-refractivity contribution in [1.82, 2.24) is 10.1 Å². The second kappa shape index (κ2) is 5.02. The number of benzene rings is 1. The van der Waals surface area contributed by atoms with Gasteiger partial charge >= 0.3 is 0 Å². The molecule has 0 aliphatic heterocycles. The number of aromatic nitrogens is 2. The first-order valence-corrected chi connectivity index (χ1v) is 6.63. The first kappa shape index (κ1) is 14.1. The van der Waals surface area contributed by atoms with Crippen molar-refractivity contribution in [2.75, 3.05) is 0 Å². The van der Waals surface area contributed by atoms with E-state index in [2.05, 4.69) is 26.1 Å². The summed E-state index contributed by atoms with van der Waals surface area (Å²) in [5.74, 6) is 0.366. The Morgan fingerprint density at radius 1 is 1.37 bits per heavy atom. The van der Waals surface area contributed by atoms with Crippen LogP contribution in [-0.4, -0.2) is 10.1 Å². The molecule has 0 spiro atoms. The third-order valence-electron chi connectivity index (χ3n) is 2.66. The summed E-state index contributed by atoms with van der Waals surface area (Å²) in [7, 11) is 0. The van der Waals surface area contributed by atoms with Crippen molar-refractivity contribution in [3.63, 3.8) is 0 Å². The Morgan fingerprint density at radius 3 is 2.58 bits per heavy atom. The highest BCUT2D eigenvalue weighted by Gasteiger charge is 2.25. The zero-order valence-electron chi connectivity index (χ0n) is 10.9. The SMILES string of the molecule is CC(C)(C)c1nc(C(N)c2ccc(Br)cc2F)no1. The fraction of sp³-hybridized carbons (Fsp3) is 0.385. The van der Waals surface area contributed by atoms with Gasteiger partial charge in [0.2, 0.25) is 5.89 Å². The molecule has 0 amide bonds. The molecule has 2 aromatic rings. The Morgan fingerprint density at radius 2 is 2.05 bits per heavy atom. The zero-order chi connectivity index (χ0) is 14.2. The van der Waals surface area contributed by atoms with Gasteiger partial charge < -0.3 is 10.3 Å². The highest BCUT2D eigenvalue weighted by molar-refractivity contribution is 9.10. The number of nitrogens with two attached hydrogens (primary N) is 1. The molecule has 102 valence electrons. The van der Waals surface area contributed by atoms with E-state index in [1.807, 2.05) is 20.8 Å². The molecule has 1 unspecified atom stereocenters. The van der Waals surface area contributed by atoms with E-state index in [9.17, 15) is 4.39 Å². The van der Waals surface area contributed by atoms with Crippen molar-refractivity contribution in [2.45, 2.75) is 32.2 Å². The molecule has 0 aliphatic rings. The van der Waals surface area contributed by atoms with Crippen LogP contribution in [0.4, 0.5) is 4.39 Å². The van der Waals surface area contributed by atoms with Gasteiger partial charge in [-0.3, -0.25) is 0 Å². The van der Waals surface area contributed by atoms with Gasteiger partial charge in [-0.1, -0.05) is 47.9 Å². The molecule has 0 saturated carbocycles. The zero-order valence-corrected chi connectivity index (χ0v) is 12.5. The van der Waals surface area contributed by atoms with Gasteiger partial charge in [-0.25, -0.2) is 4.39 Å². The van der Waals surface area contributed by atoms with E-state index < -0.39 is 11.9 Å². The van der Waals surface area contributed by atoms with Gasteiger partial charge in [-0.15, -0.1) is 0 Å². The lowest BCUT2D eigenvalue weighted by molar-refractivity contribution is 0.317. The van der Waals surface area contributed by atoms with Gasteiger partial charge in [0.05, 0.1) is 6.04 Å². The van der Waals surface area contributed by atoms with Gasteiger partial charge in [0.1, 0.15) is 5.82 Å². The molecular weight excluding hydrogens is 313 g/mol. The van der Waals surface area contributed by atoms with Crippen molar-refractivity contribution >= 4 is 15.9 Å². The van der Waals surface area contributed by atoms with Crippen molar-refractivity contribution in [3.05, 3.63) is 45.8 Å². The Labute approximate surface area is 119 Å². The van der Waals surface area contributed by atoms with Crippen LogP contribution in [0.15, 0.2) is 27.2 Å². The third-order valence-corrected chi connectivity index (χ3v) is 3.15. The van der Waals surface area contributed by atoms with Crippen LogP contribution in [0, 0.1) is 5.82 Å². The molecule has 0 saturated heterocycles. The van der Waals surface area contributed by atoms with Crippen molar-refractivity contribution in [3.8, 4) is 0 Å². The average Bonchev–Trinajstić information content (AvgIpc) is 2.76. The fourth-order valence-corrected chi connectivity index (χ4v) is 1.89. The molecule has 19 heavy (non-hydrogen) atoms. The van der Waals surface area contributed by atoms with Crippen molar-refractivity contribution in [1.29, 1.82) is 0 Å². The predicted octanol–water partition coefficient (Wildman–Crippen LogP) is 3.32. The van der Waals surface area contributed by atoms with Crippen LogP contribution in [-0.2, 0) is 5.41 Å². The van der Waals surface area contributed by atoms with Crippen LogP contribution in [0.3, 0.4) is 0 Å². The summed E-state index contributed by atoms with van der Waals surface area (Å²) in [4.78, 5) is 4.24. The van der Waals surface area contributed by atoms with Crippen LogP contribution in [0.25, 0.3) is 0 Å². The van der Waals surface area contributed by atoms with Gasteiger partial charge in [-0.2, -0.15) is 4.98 Å². The largest absolute Gasteiger partial charge is 0.339 e. The molecule has 1 atom stereocenters. The van der Waals surface area contributed by atoms with E-state index in [4.69, 9.17) is 10.3 Å². The van der Waals surface area contributed by atoms with Crippen LogP contribution in [0.1, 0.15) is 44.1 Å². The number of halogens is 2. The lowest BCUT2D eigenvalue weighted by Crippen LogP contribution is -2.16. The van der Waals surface area contributed by atoms with E-state index in [-0.39, 0.29) is 11.2 Å². The van der Waals surface area contributed by atoms with Crippen molar-refractivity contribution < 1.29 is 8.91 Å². The maximum Gasteiger partial charge on any atom is 0.232 e. The maximum atomic E-state index is 13.8. The summed E-state index contributed by atoms with van der Waals surface area (Å²) in [6.07, 6.45) is 0. The third kappa shape index (κ3) is 3.01. The average molecular weight is 328 g/mol. The minimum absolute atomic E-state index is 0.261. The maximum absolute atomic E-state index is 13.8. The Kier molecular flexibility index (Phi) is 3.73. The smallest absolute Gasteiger partial charge is 0.232 e. The normalized spacial score (nSPS) is 13.6. The summed E-state index contributed by atoms with van der Waals surface area (Å²) < 4.78 is 19.7. The second-order valence-electron chi connectivity index (χ2n) is 5.35. The van der Waals surface area contributed by atoms with Gasteiger partial charge in [0.25, 0.3) is 0 Å². The van der Waals surface area contributed by atoms with E-state index in [1.165, 1.54) is 6.07 Å². The molecule has 4 nitrogen and oxygen atoms in total. The highest BCUT2D eigenvalue weighted by atomic mass is 79.9. The Bertz CT molecular complexity index is 592. The van der Waals surface area contributed by atoms with Gasteiger partial charge in [-0.05, 0) is 12.1 Å². The van der Waals surface area contributed by atoms with Crippen LogP contribution in [0.2, 0.25) is 0 Å². The molecule has 6 heteroatoms. The molecular formula is C13H15BrFN3O. The van der Waals surface area contributed by atoms with Crippen LogP contribution >= 0.6 is 15.9 Å².